The van der Waals surface area contributed by atoms with Crippen LogP contribution >= 0.6 is 11.8 Å². The minimum absolute atomic E-state index is 0.792. The smallest absolute Gasteiger partial charge is 0.0530 e. The standard InChI is InChI=1S/C8H15N3S/c1-11-6-8(5-10-11)7-12-4-2-3-9/h5-6H,2-4,7,9H2,1H3. The van der Waals surface area contributed by atoms with Crippen LogP contribution in [0.2, 0.25) is 0 Å². The van der Waals surface area contributed by atoms with Crippen molar-refractivity contribution in [3.05, 3.63) is 18.0 Å². The summed E-state index contributed by atoms with van der Waals surface area (Å²) in [4.78, 5) is 0. The Bertz CT molecular complexity index is 222. The first-order chi connectivity index (χ1) is 5.83. The van der Waals surface area contributed by atoms with Crippen LogP contribution < -0.4 is 5.73 Å². The van der Waals surface area contributed by atoms with E-state index >= 15 is 0 Å². The van der Waals surface area contributed by atoms with Gasteiger partial charge in [0.2, 0.25) is 0 Å². The van der Waals surface area contributed by atoms with E-state index < -0.39 is 0 Å². The van der Waals surface area contributed by atoms with Crippen LogP contribution in [-0.4, -0.2) is 22.1 Å². The van der Waals surface area contributed by atoms with E-state index in [4.69, 9.17) is 5.73 Å². The maximum absolute atomic E-state index is 5.38. The lowest BCUT2D eigenvalue weighted by Crippen LogP contribution is -1.99. The molecule has 2 N–H and O–H groups in total. The number of nitrogens with two attached hydrogens (primary N) is 1. The van der Waals surface area contributed by atoms with Gasteiger partial charge in [-0.1, -0.05) is 0 Å². The molecule has 1 heterocycles. The topological polar surface area (TPSA) is 43.8 Å². The molecule has 0 saturated heterocycles. The Labute approximate surface area is 77.3 Å². The van der Waals surface area contributed by atoms with Gasteiger partial charge < -0.3 is 5.73 Å². The Morgan fingerprint density at radius 3 is 3.08 bits per heavy atom. The molecule has 0 aliphatic carbocycles. The molecule has 0 aromatic carbocycles. The molecular formula is C8H15N3S. The van der Waals surface area contributed by atoms with Crippen LogP contribution in [0.15, 0.2) is 12.4 Å². The largest absolute Gasteiger partial charge is 0.330 e. The van der Waals surface area contributed by atoms with Crippen molar-refractivity contribution >= 4 is 11.8 Å². The van der Waals surface area contributed by atoms with Crippen molar-refractivity contribution in [1.29, 1.82) is 0 Å². The van der Waals surface area contributed by atoms with Gasteiger partial charge in [-0.3, -0.25) is 4.68 Å². The van der Waals surface area contributed by atoms with E-state index in [2.05, 4.69) is 11.3 Å². The van der Waals surface area contributed by atoms with Crippen LogP contribution in [-0.2, 0) is 12.8 Å². The van der Waals surface area contributed by atoms with E-state index in [1.165, 1.54) is 5.56 Å². The van der Waals surface area contributed by atoms with Crippen molar-refractivity contribution in [1.82, 2.24) is 9.78 Å². The van der Waals surface area contributed by atoms with Crippen molar-refractivity contribution in [2.45, 2.75) is 12.2 Å². The first-order valence-corrected chi connectivity index (χ1v) is 5.23. The van der Waals surface area contributed by atoms with Gasteiger partial charge in [-0.05, 0) is 24.3 Å². The van der Waals surface area contributed by atoms with Gasteiger partial charge in [-0.25, -0.2) is 0 Å². The van der Waals surface area contributed by atoms with E-state index in [0.29, 0.717) is 0 Å². The monoisotopic (exact) mass is 185 g/mol. The van der Waals surface area contributed by atoms with Gasteiger partial charge in [0.15, 0.2) is 0 Å². The second-order valence-corrected chi connectivity index (χ2v) is 3.82. The normalized spacial score (nSPS) is 10.5. The molecule has 0 amide bonds. The van der Waals surface area contributed by atoms with Crippen LogP contribution in [0, 0.1) is 0 Å². The SMILES string of the molecule is Cn1cc(CSCCCN)cn1. The summed E-state index contributed by atoms with van der Waals surface area (Å²) in [6, 6.07) is 0. The molecule has 0 spiro atoms. The predicted octanol–water partition coefficient (Wildman–Crippen LogP) is 1.00. The molecule has 4 heteroatoms. The van der Waals surface area contributed by atoms with Crippen molar-refractivity contribution in [3.63, 3.8) is 0 Å². The summed E-state index contributed by atoms with van der Waals surface area (Å²) in [5.74, 6) is 2.19. The van der Waals surface area contributed by atoms with Crippen LogP contribution in [0.1, 0.15) is 12.0 Å². The molecular weight excluding hydrogens is 170 g/mol. The summed E-state index contributed by atoms with van der Waals surface area (Å²) in [6.07, 6.45) is 5.07. The lowest BCUT2D eigenvalue weighted by atomic mass is 10.4. The van der Waals surface area contributed by atoms with Gasteiger partial charge in [0, 0.05) is 19.0 Å². The lowest BCUT2D eigenvalue weighted by Gasteiger charge is -1.96. The van der Waals surface area contributed by atoms with Crippen molar-refractivity contribution in [3.8, 4) is 0 Å². The molecule has 12 heavy (non-hydrogen) atoms. The van der Waals surface area contributed by atoms with E-state index in [1.807, 2.05) is 29.7 Å². The van der Waals surface area contributed by atoms with Gasteiger partial charge in [-0.2, -0.15) is 16.9 Å². The van der Waals surface area contributed by atoms with Crippen molar-refractivity contribution in [2.24, 2.45) is 12.8 Å². The number of rotatable bonds is 5. The molecule has 0 radical (unpaired) electrons. The Morgan fingerprint density at radius 1 is 1.67 bits per heavy atom. The number of thioether (sulfide) groups is 1. The zero-order valence-electron chi connectivity index (χ0n) is 7.36. The minimum Gasteiger partial charge on any atom is -0.330 e. The van der Waals surface area contributed by atoms with Crippen LogP contribution in [0.25, 0.3) is 0 Å². The predicted molar refractivity (Wildman–Crippen MR) is 53.0 cm³/mol. The molecule has 0 saturated carbocycles. The molecule has 68 valence electrons. The molecule has 0 aliphatic rings. The summed E-state index contributed by atoms with van der Waals surface area (Å²) in [5.41, 5.74) is 6.67. The molecule has 0 unspecified atom stereocenters. The number of nitrogens with zero attached hydrogens (tertiary/aromatic N) is 2. The maximum atomic E-state index is 5.38. The third-order valence-electron chi connectivity index (χ3n) is 1.52. The average molecular weight is 185 g/mol. The number of hydrogen-bond acceptors (Lipinski definition) is 3. The zero-order chi connectivity index (χ0) is 8.81. The fraction of sp³-hybridized carbons (Fsp3) is 0.625. The highest BCUT2D eigenvalue weighted by molar-refractivity contribution is 7.98. The van der Waals surface area contributed by atoms with Gasteiger partial charge in [-0.15, -0.1) is 0 Å². The highest BCUT2D eigenvalue weighted by Crippen LogP contribution is 2.11. The maximum Gasteiger partial charge on any atom is 0.0530 e. The van der Waals surface area contributed by atoms with Crippen molar-refractivity contribution < 1.29 is 0 Å². The van der Waals surface area contributed by atoms with E-state index in [9.17, 15) is 0 Å². The molecule has 3 nitrogen and oxygen atoms in total. The molecule has 1 rings (SSSR count). The lowest BCUT2D eigenvalue weighted by molar-refractivity contribution is 0.767. The fourth-order valence-corrected chi connectivity index (χ4v) is 1.82. The highest BCUT2D eigenvalue weighted by atomic mass is 32.2. The summed E-state index contributed by atoms with van der Waals surface area (Å²) in [6.45, 7) is 0.792. The molecule has 1 aromatic heterocycles. The molecule has 0 fully saturated rings. The van der Waals surface area contributed by atoms with E-state index in [-0.39, 0.29) is 0 Å². The highest BCUT2D eigenvalue weighted by Gasteiger charge is 1.95. The van der Waals surface area contributed by atoms with E-state index in [1.54, 1.807) is 0 Å². The Kier molecular flexibility index (Phi) is 4.18. The van der Waals surface area contributed by atoms with Crippen molar-refractivity contribution in [2.75, 3.05) is 12.3 Å². The quantitative estimate of drug-likeness (QED) is 0.696. The molecule has 0 aliphatic heterocycles. The van der Waals surface area contributed by atoms with Crippen LogP contribution in [0.3, 0.4) is 0 Å². The zero-order valence-corrected chi connectivity index (χ0v) is 8.18. The second kappa shape index (κ2) is 5.22. The Balaban J connectivity index is 2.15. The van der Waals surface area contributed by atoms with Crippen LogP contribution in [0.4, 0.5) is 0 Å². The van der Waals surface area contributed by atoms with Gasteiger partial charge in [0.1, 0.15) is 0 Å². The summed E-state index contributed by atoms with van der Waals surface area (Å²) in [5, 5.41) is 4.09. The molecule has 0 bridgehead atoms. The summed E-state index contributed by atoms with van der Waals surface area (Å²) < 4.78 is 1.83. The van der Waals surface area contributed by atoms with E-state index in [0.717, 1.165) is 24.5 Å². The number of aryl methyl sites for hydroxylation is 1. The Hall–Kier alpha value is -0.480. The van der Waals surface area contributed by atoms with Gasteiger partial charge in [0.25, 0.3) is 0 Å². The Morgan fingerprint density at radius 2 is 2.50 bits per heavy atom. The fourth-order valence-electron chi connectivity index (χ4n) is 0.922. The second-order valence-electron chi connectivity index (χ2n) is 2.72. The molecule has 0 atom stereocenters. The molecule has 1 aromatic rings. The third-order valence-corrected chi connectivity index (χ3v) is 2.63. The minimum atomic E-state index is 0.792. The first-order valence-electron chi connectivity index (χ1n) is 4.08. The first kappa shape index (κ1) is 9.61. The summed E-state index contributed by atoms with van der Waals surface area (Å²) >= 11 is 1.91. The van der Waals surface area contributed by atoms with Gasteiger partial charge >= 0.3 is 0 Å². The third kappa shape index (κ3) is 3.28. The average Bonchev–Trinajstić information content (AvgIpc) is 2.45. The van der Waals surface area contributed by atoms with Crippen LogP contribution in [0.5, 0.6) is 0 Å². The number of aromatic nitrogens is 2. The van der Waals surface area contributed by atoms with Gasteiger partial charge in [0.05, 0.1) is 6.20 Å². The number of hydrogen-bond donors (Lipinski definition) is 1. The summed E-state index contributed by atoms with van der Waals surface area (Å²) in [7, 11) is 1.94.